The first-order chi connectivity index (χ1) is 21.0. The van der Waals surface area contributed by atoms with Gasteiger partial charge in [-0.3, -0.25) is 0 Å². The largest absolute Gasteiger partial charge is 0.198 e. The average molecular weight is 855 g/mol. The molecule has 2 aliphatic carbocycles. The molecule has 2 aliphatic rings. The molecule has 0 unspecified atom stereocenters. The fourth-order valence-corrected chi connectivity index (χ4v) is 8.01. The number of hydrogen-bond donors (Lipinski definition) is 0. The summed E-state index contributed by atoms with van der Waals surface area (Å²) in [5, 5.41) is 19.6. The molecule has 0 saturated heterocycles. The van der Waals surface area contributed by atoms with Gasteiger partial charge in [0.1, 0.15) is 0 Å². The first kappa shape index (κ1) is 33.7. The smallest absolute Gasteiger partial charge is 0.0693 e. The molecular formula is C38H37BrI2N2. The molecular weight excluding hydrogens is 818 g/mol. The monoisotopic (exact) mass is 854 g/mol. The van der Waals surface area contributed by atoms with Crippen molar-refractivity contribution in [1.82, 2.24) is 0 Å². The van der Waals surface area contributed by atoms with E-state index in [9.17, 15) is 5.26 Å². The summed E-state index contributed by atoms with van der Waals surface area (Å²) in [5.74, 6) is 0.271. The third-order valence-electron chi connectivity index (χ3n) is 8.52. The summed E-state index contributed by atoms with van der Waals surface area (Å²) in [4.78, 5) is 0. The van der Waals surface area contributed by atoms with E-state index in [-0.39, 0.29) is 11.3 Å². The fraction of sp³-hybridized carbons (Fsp3) is 0.316. The second kappa shape index (κ2) is 17.3. The van der Waals surface area contributed by atoms with E-state index in [1.807, 2.05) is 6.07 Å². The lowest BCUT2D eigenvalue weighted by atomic mass is 9.76. The quantitative estimate of drug-likeness (QED) is 0.117. The van der Waals surface area contributed by atoms with Crippen molar-refractivity contribution in [2.45, 2.75) is 63.1 Å². The summed E-state index contributed by atoms with van der Waals surface area (Å²) in [6.45, 7) is 0. The normalized spacial score (nSPS) is 15.3. The SMILES string of the molecule is BrCc1ccccc1I.N#CC1(Cc2ccccc2I)CCc2ccccc2CC1.N#CC1CCc2ccccc2CC1. The molecule has 0 spiro atoms. The molecule has 0 aromatic heterocycles. The van der Waals surface area contributed by atoms with Crippen molar-refractivity contribution in [2.24, 2.45) is 11.3 Å². The second-order valence-corrected chi connectivity index (χ2v) is 14.2. The Morgan fingerprint density at radius 3 is 1.44 bits per heavy atom. The Hall–Kier alpha value is -2.20. The van der Waals surface area contributed by atoms with Crippen molar-refractivity contribution < 1.29 is 0 Å². The highest BCUT2D eigenvalue weighted by Gasteiger charge is 2.33. The van der Waals surface area contributed by atoms with Gasteiger partial charge in [-0.2, -0.15) is 10.5 Å². The van der Waals surface area contributed by atoms with Gasteiger partial charge in [-0.15, -0.1) is 0 Å². The molecule has 0 saturated carbocycles. The molecule has 0 bridgehead atoms. The number of hydrogen-bond acceptors (Lipinski definition) is 2. The summed E-state index contributed by atoms with van der Waals surface area (Å²) in [6, 6.07) is 39.0. The Morgan fingerprint density at radius 1 is 0.628 bits per heavy atom. The zero-order chi connectivity index (χ0) is 30.5. The Morgan fingerprint density at radius 2 is 1.05 bits per heavy atom. The Kier molecular flexibility index (Phi) is 13.6. The first-order valence-corrected chi connectivity index (χ1v) is 18.2. The number of nitriles is 2. The van der Waals surface area contributed by atoms with E-state index < -0.39 is 0 Å². The van der Waals surface area contributed by atoms with Gasteiger partial charge in [-0.05, 0) is 148 Å². The number of rotatable bonds is 3. The van der Waals surface area contributed by atoms with Gasteiger partial charge in [0.25, 0.3) is 0 Å². The van der Waals surface area contributed by atoms with E-state index in [0.717, 1.165) is 63.1 Å². The van der Waals surface area contributed by atoms with E-state index in [4.69, 9.17) is 5.26 Å². The topological polar surface area (TPSA) is 47.6 Å². The molecule has 4 aromatic carbocycles. The summed E-state index contributed by atoms with van der Waals surface area (Å²) in [7, 11) is 0. The number of fused-ring (bicyclic) bond motifs is 2. The highest BCUT2D eigenvalue weighted by Crippen LogP contribution is 2.38. The zero-order valence-electron chi connectivity index (χ0n) is 24.4. The summed E-state index contributed by atoms with van der Waals surface area (Å²) < 4.78 is 2.60. The van der Waals surface area contributed by atoms with Gasteiger partial charge in [-0.1, -0.05) is 101 Å². The third kappa shape index (κ3) is 9.90. The average Bonchev–Trinajstić information content (AvgIpc) is 3.38. The van der Waals surface area contributed by atoms with E-state index in [2.05, 4.69) is 164 Å². The number of alkyl halides is 1. The molecule has 6 rings (SSSR count). The highest BCUT2D eigenvalue weighted by atomic mass is 127. The Balaban J connectivity index is 0.000000163. The molecule has 5 heteroatoms. The molecule has 2 nitrogen and oxygen atoms in total. The fourth-order valence-electron chi connectivity index (χ4n) is 5.84. The van der Waals surface area contributed by atoms with Crippen molar-refractivity contribution in [3.05, 3.63) is 138 Å². The summed E-state index contributed by atoms with van der Waals surface area (Å²) in [5.41, 5.74) is 8.19. The van der Waals surface area contributed by atoms with Gasteiger partial charge in [0.2, 0.25) is 0 Å². The number of benzene rings is 4. The van der Waals surface area contributed by atoms with Crippen molar-refractivity contribution in [1.29, 1.82) is 10.5 Å². The van der Waals surface area contributed by atoms with Crippen LogP contribution in [-0.2, 0) is 37.4 Å². The number of aryl methyl sites for hydroxylation is 4. The predicted octanol–water partition coefficient (Wildman–Crippen LogP) is 10.8. The van der Waals surface area contributed by atoms with Gasteiger partial charge < -0.3 is 0 Å². The van der Waals surface area contributed by atoms with Crippen LogP contribution in [0.2, 0.25) is 0 Å². The minimum Gasteiger partial charge on any atom is -0.198 e. The highest BCUT2D eigenvalue weighted by molar-refractivity contribution is 14.1. The summed E-state index contributed by atoms with van der Waals surface area (Å²) >= 11 is 8.11. The van der Waals surface area contributed by atoms with Crippen LogP contribution < -0.4 is 0 Å². The van der Waals surface area contributed by atoms with Crippen molar-refractivity contribution >= 4 is 61.1 Å². The van der Waals surface area contributed by atoms with Crippen molar-refractivity contribution in [3.63, 3.8) is 0 Å². The molecule has 0 atom stereocenters. The molecule has 4 aromatic rings. The lowest BCUT2D eigenvalue weighted by Crippen LogP contribution is -2.22. The van der Waals surface area contributed by atoms with Gasteiger partial charge >= 0.3 is 0 Å². The molecule has 0 radical (unpaired) electrons. The molecule has 220 valence electrons. The Labute approximate surface area is 293 Å². The molecule has 0 amide bonds. The predicted molar refractivity (Wildman–Crippen MR) is 198 cm³/mol. The van der Waals surface area contributed by atoms with Gasteiger partial charge in [-0.25, -0.2) is 0 Å². The van der Waals surface area contributed by atoms with Crippen LogP contribution in [0.1, 0.15) is 59.1 Å². The van der Waals surface area contributed by atoms with Crippen LogP contribution in [0.5, 0.6) is 0 Å². The third-order valence-corrected chi connectivity index (χ3v) is 11.2. The standard InChI is InChI=1S/C19H18IN.C12H13N.C7H6BrI/c20-18-8-4-3-7-17(18)13-19(14-21)11-9-15-5-1-2-6-16(15)10-12-19;13-9-10-5-7-11-3-1-2-4-12(11)8-6-10;8-5-6-3-1-2-4-7(6)9/h1-8H,9-13H2;1-4,10H,5-8H2;1-4H,5H2. The van der Waals surface area contributed by atoms with E-state index >= 15 is 0 Å². The van der Waals surface area contributed by atoms with Crippen LogP contribution in [0.15, 0.2) is 97.1 Å². The van der Waals surface area contributed by atoms with Crippen LogP contribution >= 0.6 is 61.1 Å². The van der Waals surface area contributed by atoms with Crippen molar-refractivity contribution in [2.75, 3.05) is 0 Å². The van der Waals surface area contributed by atoms with Crippen LogP contribution in [-0.4, -0.2) is 0 Å². The van der Waals surface area contributed by atoms with Gasteiger partial charge in [0.05, 0.1) is 17.6 Å². The van der Waals surface area contributed by atoms with Crippen LogP contribution in [0.25, 0.3) is 0 Å². The summed E-state index contributed by atoms with van der Waals surface area (Å²) in [6.07, 6.45) is 9.07. The van der Waals surface area contributed by atoms with E-state index in [0.29, 0.717) is 0 Å². The molecule has 0 aliphatic heterocycles. The van der Waals surface area contributed by atoms with E-state index in [1.54, 1.807) is 0 Å². The van der Waals surface area contributed by atoms with Gasteiger partial charge in [0, 0.05) is 18.4 Å². The molecule has 0 fully saturated rings. The second-order valence-electron chi connectivity index (χ2n) is 11.3. The number of nitrogens with zero attached hydrogens (tertiary/aromatic N) is 2. The van der Waals surface area contributed by atoms with Crippen LogP contribution in [0.4, 0.5) is 0 Å². The lowest BCUT2D eigenvalue weighted by Gasteiger charge is -2.25. The van der Waals surface area contributed by atoms with Gasteiger partial charge in [0.15, 0.2) is 0 Å². The first-order valence-electron chi connectivity index (χ1n) is 14.9. The molecule has 0 heterocycles. The maximum atomic E-state index is 9.85. The zero-order valence-corrected chi connectivity index (χ0v) is 30.3. The van der Waals surface area contributed by atoms with Crippen LogP contribution in [0.3, 0.4) is 0 Å². The van der Waals surface area contributed by atoms with Crippen molar-refractivity contribution in [3.8, 4) is 12.1 Å². The van der Waals surface area contributed by atoms with E-state index in [1.165, 1.54) is 40.5 Å². The number of halogens is 3. The maximum Gasteiger partial charge on any atom is 0.0693 e. The molecule has 0 N–H and O–H groups in total. The van der Waals surface area contributed by atoms with Crippen LogP contribution in [0, 0.1) is 41.1 Å². The minimum absolute atomic E-state index is 0.222. The molecule has 43 heavy (non-hydrogen) atoms. The maximum absolute atomic E-state index is 9.85. The Bertz CT molecular complexity index is 1510. The minimum atomic E-state index is -0.222. The lowest BCUT2D eigenvalue weighted by molar-refractivity contribution is 0.341.